The highest BCUT2D eigenvalue weighted by Gasteiger charge is 2.37. The summed E-state index contributed by atoms with van der Waals surface area (Å²) in [6.07, 6.45) is 11.7. The fourth-order valence-electron chi connectivity index (χ4n) is 2.83. The second-order valence-corrected chi connectivity index (χ2v) is 6.85. The number of hydrogen-bond donors (Lipinski definition) is 2. The standard InChI is InChI=1S/C12H24N2S/c13-11-8-4-5-9-12(11,14)15-10-6-2-1-3-7-10/h10-11H,1-9,13-14H2. The summed E-state index contributed by atoms with van der Waals surface area (Å²) in [6.45, 7) is 0. The van der Waals surface area contributed by atoms with Crippen LogP contribution in [0.5, 0.6) is 0 Å². The zero-order valence-electron chi connectivity index (χ0n) is 9.58. The Morgan fingerprint density at radius 2 is 1.60 bits per heavy atom. The van der Waals surface area contributed by atoms with Crippen molar-refractivity contribution < 1.29 is 0 Å². The van der Waals surface area contributed by atoms with Gasteiger partial charge < -0.3 is 11.5 Å². The van der Waals surface area contributed by atoms with Crippen LogP contribution in [-0.2, 0) is 0 Å². The molecule has 2 unspecified atom stereocenters. The molecule has 0 aliphatic heterocycles. The average molecular weight is 228 g/mol. The summed E-state index contributed by atoms with van der Waals surface area (Å²) in [5, 5.41) is 0.785. The van der Waals surface area contributed by atoms with Crippen LogP contribution in [0.4, 0.5) is 0 Å². The van der Waals surface area contributed by atoms with Gasteiger partial charge in [0.2, 0.25) is 0 Å². The van der Waals surface area contributed by atoms with Crippen LogP contribution < -0.4 is 11.5 Å². The molecule has 2 saturated carbocycles. The largest absolute Gasteiger partial charge is 0.325 e. The van der Waals surface area contributed by atoms with Crippen molar-refractivity contribution in [1.29, 1.82) is 0 Å². The van der Waals surface area contributed by atoms with E-state index in [0.29, 0.717) is 0 Å². The summed E-state index contributed by atoms with van der Waals surface area (Å²) in [5.41, 5.74) is 12.7. The molecule has 2 atom stereocenters. The average Bonchev–Trinajstić information content (AvgIpc) is 2.24. The molecule has 0 amide bonds. The molecule has 15 heavy (non-hydrogen) atoms. The van der Waals surface area contributed by atoms with Crippen LogP contribution in [0.3, 0.4) is 0 Å². The van der Waals surface area contributed by atoms with Crippen LogP contribution in [0.25, 0.3) is 0 Å². The molecule has 2 aliphatic carbocycles. The van der Waals surface area contributed by atoms with Gasteiger partial charge in [0.15, 0.2) is 0 Å². The Hall–Kier alpha value is 0.270. The first-order chi connectivity index (χ1) is 7.21. The molecule has 2 aliphatic rings. The Morgan fingerprint density at radius 3 is 2.27 bits per heavy atom. The van der Waals surface area contributed by atoms with Gasteiger partial charge in [-0.2, -0.15) is 0 Å². The van der Waals surface area contributed by atoms with Gasteiger partial charge in [-0.05, 0) is 25.7 Å². The minimum Gasteiger partial charge on any atom is -0.325 e. The van der Waals surface area contributed by atoms with E-state index in [4.69, 9.17) is 11.5 Å². The molecule has 2 rings (SSSR count). The molecule has 0 spiro atoms. The molecule has 0 bridgehead atoms. The zero-order chi connectivity index (χ0) is 10.7. The van der Waals surface area contributed by atoms with Crippen molar-refractivity contribution in [3.63, 3.8) is 0 Å². The molecule has 0 aromatic carbocycles. The van der Waals surface area contributed by atoms with Crippen LogP contribution in [0.1, 0.15) is 57.8 Å². The summed E-state index contributed by atoms with van der Waals surface area (Å²) >= 11 is 2.00. The fraction of sp³-hybridized carbons (Fsp3) is 1.00. The summed E-state index contributed by atoms with van der Waals surface area (Å²) in [7, 11) is 0. The Labute approximate surface area is 97.5 Å². The first kappa shape index (κ1) is 11.7. The smallest absolute Gasteiger partial charge is 0.0775 e. The van der Waals surface area contributed by atoms with E-state index in [2.05, 4.69) is 0 Å². The lowest BCUT2D eigenvalue weighted by atomic mass is 9.91. The van der Waals surface area contributed by atoms with E-state index in [1.165, 1.54) is 44.9 Å². The van der Waals surface area contributed by atoms with Gasteiger partial charge >= 0.3 is 0 Å². The molecule has 4 N–H and O–H groups in total. The molecule has 0 aromatic heterocycles. The number of hydrogen-bond acceptors (Lipinski definition) is 3. The van der Waals surface area contributed by atoms with Crippen molar-refractivity contribution in [2.45, 2.75) is 74.0 Å². The maximum atomic E-state index is 6.47. The molecule has 0 saturated heterocycles. The van der Waals surface area contributed by atoms with Crippen LogP contribution >= 0.6 is 11.8 Å². The van der Waals surface area contributed by atoms with Gasteiger partial charge in [-0.3, -0.25) is 0 Å². The summed E-state index contributed by atoms with van der Waals surface area (Å²) in [4.78, 5) is -0.111. The molecule has 3 heteroatoms. The lowest BCUT2D eigenvalue weighted by Gasteiger charge is -2.41. The molecule has 2 nitrogen and oxygen atoms in total. The summed E-state index contributed by atoms with van der Waals surface area (Å²) in [5.74, 6) is 0. The Balaban J connectivity index is 1.89. The van der Waals surface area contributed by atoms with Gasteiger partial charge in [0, 0.05) is 11.3 Å². The van der Waals surface area contributed by atoms with Crippen LogP contribution in [0.15, 0.2) is 0 Å². The molecule has 0 radical (unpaired) electrons. The SMILES string of the molecule is NC1CCCCC1(N)SC1CCCCC1. The van der Waals surface area contributed by atoms with Crippen LogP contribution in [-0.4, -0.2) is 16.2 Å². The summed E-state index contributed by atoms with van der Waals surface area (Å²) < 4.78 is 0. The molecule has 0 heterocycles. The van der Waals surface area contributed by atoms with Crippen molar-refractivity contribution in [2.24, 2.45) is 11.5 Å². The van der Waals surface area contributed by atoms with Gasteiger partial charge in [0.1, 0.15) is 0 Å². The minimum atomic E-state index is -0.111. The molecule has 88 valence electrons. The lowest BCUT2D eigenvalue weighted by Crippen LogP contribution is -2.55. The molecule has 2 fully saturated rings. The third kappa shape index (κ3) is 2.89. The highest BCUT2D eigenvalue weighted by molar-refractivity contribution is 8.01. The summed E-state index contributed by atoms with van der Waals surface area (Å²) in [6, 6.07) is 0.221. The van der Waals surface area contributed by atoms with Crippen molar-refractivity contribution in [3.05, 3.63) is 0 Å². The fourth-order valence-corrected chi connectivity index (χ4v) is 4.58. The Bertz CT molecular complexity index is 204. The van der Waals surface area contributed by atoms with Crippen molar-refractivity contribution in [1.82, 2.24) is 0 Å². The van der Waals surface area contributed by atoms with Gasteiger partial charge in [0.05, 0.1) is 4.87 Å². The molecular weight excluding hydrogens is 204 g/mol. The van der Waals surface area contributed by atoms with Crippen molar-refractivity contribution >= 4 is 11.8 Å². The van der Waals surface area contributed by atoms with Crippen LogP contribution in [0, 0.1) is 0 Å². The van der Waals surface area contributed by atoms with Gasteiger partial charge in [-0.1, -0.05) is 32.1 Å². The van der Waals surface area contributed by atoms with Crippen molar-refractivity contribution in [2.75, 3.05) is 0 Å². The van der Waals surface area contributed by atoms with Crippen LogP contribution in [0.2, 0.25) is 0 Å². The Morgan fingerprint density at radius 1 is 0.933 bits per heavy atom. The van der Waals surface area contributed by atoms with E-state index in [-0.39, 0.29) is 10.9 Å². The van der Waals surface area contributed by atoms with Gasteiger partial charge in [-0.25, -0.2) is 0 Å². The van der Waals surface area contributed by atoms with E-state index in [9.17, 15) is 0 Å². The maximum absolute atomic E-state index is 6.47. The normalized spacial score (nSPS) is 39.2. The van der Waals surface area contributed by atoms with Gasteiger partial charge in [0.25, 0.3) is 0 Å². The predicted octanol–water partition coefficient (Wildman–Crippen LogP) is 2.61. The quantitative estimate of drug-likeness (QED) is 0.714. The van der Waals surface area contributed by atoms with E-state index in [1.807, 2.05) is 11.8 Å². The zero-order valence-corrected chi connectivity index (χ0v) is 10.4. The predicted molar refractivity (Wildman–Crippen MR) is 67.8 cm³/mol. The second-order valence-electron chi connectivity index (χ2n) is 5.19. The van der Waals surface area contributed by atoms with Gasteiger partial charge in [-0.15, -0.1) is 11.8 Å². The number of nitrogens with two attached hydrogens (primary N) is 2. The highest BCUT2D eigenvalue weighted by atomic mass is 32.2. The first-order valence-corrected chi connectivity index (χ1v) is 7.31. The topological polar surface area (TPSA) is 52.0 Å². The lowest BCUT2D eigenvalue weighted by molar-refractivity contribution is 0.349. The van der Waals surface area contributed by atoms with Crippen molar-refractivity contribution in [3.8, 4) is 0 Å². The van der Waals surface area contributed by atoms with E-state index in [1.54, 1.807) is 0 Å². The van der Waals surface area contributed by atoms with E-state index in [0.717, 1.165) is 18.1 Å². The second kappa shape index (κ2) is 5.07. The number of rotatable bonds is 2. The van der Waals surface area contributed by atoms with E-state index < -0.39 is 0 Å². The first-order valence-electron chi connectivity index (χ1n) is 6.43. The molecular formula is C12H24N2S. The monoisotopic (exact) mass is 228 g/mol. The maximum Gasteiger partial charge on any atom is 0.0775 e. The number of thioether (sulfide) groups is 1. The van der Waals surface area contributed by atoms with E-state index >= 15 is 0 Å². The third-order valence-electron chi connectivity index (χ3n) is 3.90. The molecule has 0 aromatic rings. The Kier molecular flexibility index (Phi) is 3.97. The highest BCUT2D eigenvalue weighted by Crippen LogP contribution is 2.41. The third-order valence-corrected chi connectivity index (χ3v) is 5.65. The minimum absolute atomic E-state index is 0.111.